The number of piperidine rings is 1. The molecular weight excluding hydrogens is 240 g/mol. The van der Waals surface area contributed by atoms with E-state index in [0.717, 1.165) is 25.9 Å². The van der Waals surface area contributed by atoms with Gasteiger partial charge in [0.1, 0.15) is 0 Å². The number of aliphatic hydroxyl groups is 1. The van der Waals surface area contributed by atoms with Gasteiger partial charge in [0, 0.05) is 19.1 Å². The summed E-state index contributed by atoms with van der Waals surface area (Å²) < 4.78 is 0. The van der Waals surface area contributed by atoms with Gasteiger partial charge in [0.25, 0.3) is 0 Å². The van der Waals surface area contributed by atoms with Crippen LogP contribution >= 0.6 is 0 Å². The molecule has 4 nitrogen and oxygen atoms in total. The first-order valence-electron chi connectivity index (χ1n) is 7.90. The number of β-amino-alcohol motifs (C(OH)–C–C–N with tert-alkyl or cyclic N) is 1. The van der Waals surface area contributed by atoms with Gasteiger partial charge in [0.15, 0.2) is 0 Å². The normalized spacial score (nSPS) is 26.3. The average Bonchev–Trinajstić information content (AvgIpc) is 2.41. The van der Waals surface area contributed by atoms with E-state index in [9.17, 15) is 9.90 Å². The Kier molecular flexibility index (Phi) is 5.64. The minimum atomic E-state index is -0.244. The first-order valence-corrected chi connectivity index (χ1v) is 7.90. The molecule has 19 heavy (non-hydrogen) atoms. The fourth-order valence-corrected chi connectivity index (χ4v) is 3.49. The maximum Gasteiger partial charge on any atom is 0.236 e. The molecule has 0 aromatic rings. The lowest BCUT2D eigenvalue weighted by molar-refractivity contribution is -0.135. The van der Waals surface area contributed by atoms with Crippen molar-refractivity contribution in [3.05, 3.63) is 0 Å². The lowest BCUT2D eigenvalue weighted by Crippen LogP contribution is -2.49. The number of likely N-dealkylation sites (N-methyl/N-ethyl adjacent to an activating group) is 1. The largest absolute Gasteiger partial charge is 0.392 e. The number of aliphatic hydroxyl groups excluding tert-OH is 1. The third-order valence-electron chi connectivity index (χ3n) is 4.52. The van der Waals surface area contributed by atoms with E-state index >= 15 is 0 Å². The van der Waals surface area contributed by atoms with Gasteiger partial charge in [-0.2, -0.15) is 0 Å². The summed E-state index contributed by atoms with van der Waals surface area (Å²) >= 11 is 0. The highest BCUT2D eigenvalue weighted by Gasteiger charge is 2.26. The molecule has 2 fully saturated rings. The fourth-order valence-electron chi connectivity index (χ4n) is 3.49. The Morgan fingerprint density at radius 1 is 1.21 bits per heavy atom. The summed E-state index contributed by atoms with van der Waals surface area (Å²) in [6.45, 7) is 5.00. The number of hydrogen-bond acceptors (Lipinski definition) is 3. The van der Waals surface area contributed by atoms with Crippen LogP contribution in [0.25, 0.3) is 0 Å². The third-order valence-corrected chi connectivity index (χ3v) is 4.52. The van der Waals surface area contributed by atoms with Crippen LogP contribution in [0.2, 0.25) is 0 Å². The number of amides is 1. The van der Waals surface area contributed by atoms with E-state index in [0.29, 0.717) is 19.1 Å². The van der Waals surface area contributed by atoms with Gasteiger partial charge in [-0.3, -0.25) is 9.69 Å². The van der Waals surface area contributed by atoms with Gasteiger partial charge in [-0.1, -0.05) is 19.3 Å². The Labute approximate surface area is 116 Å². The van der Waals surface area contributed by atoms with E-state index in [1.807, 2.05) is 0 Å². The zero-order chi connectivity index (χ0) is 13.7. The number of likely N-dealkylation sites (tertiary alicyclic amines) is 1. The molecule has 1 aliphatic carbocycles. The fraction of sp³-hybridized carbons (Fsp3) is 0.933. The van der Waals surface area contributed by atoms with E-state index in [2.05, 4.69) is 16.7 Å². The number of carbonyl (C=O) groups is 1. The van der Waals surface area contributed by atoms with Gasteiger partial charge in [0.05, 0.1) is 12.6 Å². The molecule has 1 N–H and O–H groups in total. The van der Waals surface area contributed by atoms with Crippen LogP contribution in [0.15, 0.2) is 0 Å². The SMILES string of the molecule is CCN(C(=O)CN1CCC[C@H](O)C1)C1CCCCC1. The second-order valence-corrected chi connectivity index (χ2v) is 6.00. The van der Waals surface area contributed by atoms with Gasteiger partial charge in [0.2, 0.25) is 5.91 Å². The van der Waals surface area contributed by atoms with Crippen molar-refractivity contribution in [2.75, 3.05) is 26.2 Å². The van der Waals surface area contributed by atoms with Crippen LogP contribution in [-0.2, 0) is 4.79 Å². The highest BCUT2D eigenvalue weighted by molar-refractivity contribution is 5.78. The lowest BCUT2D eigenvalue weighted by atomic mass is 9.94. The Balaban J connectivity index is 1.85. The summed E-state index contributed by atoms with van der Waals surface area (Å²) in [5.41, 5.74) is 0. The van der Waals surface area contributed by atoms with Crippen LogP contribution in [0.4, 0.5) is 0 Å². The zero-order valence-corrected chi connectivity index (χ0v) is 12.2. The molecule has 1 saturated heterocycles. The van der Waals surface area contributed by atoms with E-state index in [1.165, 1.54) is 32.1 Å². The standard InChI is InChI=1S/C15H28N2O2/c1-2-17(13-7-4-3-5-8-13)15(19)12-16-10-6-9-14(18)11-16/h13-14,18H,2-12H2,1H3/t14-/m0/s1. The second-order valence-electron chi connectivity index (χ2n) is 6.00. The molecule has 0 aromatic heterocycles. The van der Waals surface area contributed by atoms with E-state index in [4.69, 9.17) is 0 Å². The average molecular weight is 268 g/mol. The number of hydrogen-bond donors (Lipinski definition) is 1. The first-order chi connectivity index (χ1) is 9.20. The molecule has 0 aromatic carbocycles. The minimum Gasteiger partial charge on any atom is -0.392 e. The van der Waals surface area contributed by atoms with Crippen LogP contribution < -0.4 is 0 Å². The molecule has 0 radical (unpaired) electrons. The summed E-state index contributed by atoms with van der Waals surface area (Å²) in [5.74, 6) is 0.253. The Bertz CT molecular complexity index is 290. The molecule has 110 valence electrons. The molecule has 1 saturated carbocycles. The van der Waals surface area contributed by atoms with Crippen molar-refractivity contribution in [2.45, 2.75) is 64.0 Å². The maximum absolute atomic E-state index is 12.5. The van der Waals surface area contributed by atoms with E-state index in [-0.39, 0.29) is 12.0 Å². The maximum atomic E-state index is 12.5. The monoisotopic (exact) mass is 268 g/mol. The molecule has 1 atom stereocenters. The molecule has 0 bridgehead atoms. The molecule has 2 rings (SSSR count). The molecule has 4 heteroatoms. The number of nitrogens with zero attached hydrogens (tertiary/aromatic N) is 2. The van der Waals surface area contributed by atoms with Crippen LogP contribution in [0.1, 0.15) is 51.9 Å². The Morgan fingerprint density at radius 3 is 2.58 bits per heavy atom. The van der Waals surface area contributed by atoms with Crippen molar-refractivity contribution in [1.82, 2.24) is 9.80 Å². The zero-order valence-electron chi connectivity index (χ0n) is 12.2. The highest BCUT2D eigenvalue weighted by atomic mass is 16.3. The predicted octanol–water partition coefficient (Wildman–Crippen LogP) is 1.62. The number of carbonyl (C=O) groups excluding carboxylic acids is 1. The summed E-state index contributed by atoms with van der Waals surface area (Å²) in [4.78, 5) is 16.6. The van der Waals surface area contributed by atoms with Gasteiger partial charge < -0.3 is 10.0 Å². The molecule has 1 amide bonds. The minimum absolute atomic E-state index is 0.244. The van der Waals surface area contributed by atoms with E-state index < -0.39 is 0 Å². The second kappa shape index (κ2) is 7.25. The summed E-state index contributed by atoms with van der Waals surface area (Å²) in [6.07, 6.45) is 7.82. The summed E-state index contributed by atoms with van der Waals surface area (Å²) in [5, 5.41) is 9.67. The number of rotatable bonds is 4. The quantitative estimate of drug-likeness (QED) is 0.842. The molecule has 0 spiro atoms. The van der Waals surface area contributed by atoms with Crippen molar-refractivity contribution >= 4 is 5.91 Å². The van der Waals surface area contributed by atoms with Crippen molar-refractivity contribution in [3.63, 3.8) is 0 Å². The summed E-state index contributed by atoms with van der Waals surface area (Å²) in [6, 6.07) is 0.459. The Morgan fingerprint density at radius 2 is 1.95 bits per heavy atom. The summed E-state index contributed by atoms with van der Waals surface area (Å²) in [7, 11) is 0. The van der Waals surface area contributed by atoms with Crippen LogP contribution in [0.3, 0.4) is 0 Å². The molecule has 1 aliphatic heterocycles. The van der Waals surface area contributed by atoms with Crippen molar-refractivity contribution in [2.24, 2.45) is 0 Å². The van der Waals surface area contributed by atoms with Crippen LogP contribution in [-0.4, -0.2) is 59.1 Å². The highest BCUT2D eigenvalue weighted by Crippen LogP contribution is 2.23. The van der Waals surface area contributed by atoms with Crippen molar-refractivity contribution in [1.29, 1.82) is 0 Å². The topological polar surface area (TPSA) is 43.8 Å². The predicted molar refractivity (Wildman–Crippen MR) is 75.9 cm³/mol. The van der Waals surface area contributed by atoms with E-state index in [1.54, 1.807) is 0 Å². The van der Waals surface area contributed by atoms with Gasteiger partial charge in [-0.25, -0.2) is 0 Å². The van der Waals surface area contributed by atoms with Crippen LogP contribution in [0.5, 0.6) is 0 Å². The van der Waals surface area contributed by atoms with Gasteiger partial charge >= 0.3 is 0 Å². The molecular formula is C15H28N2O2. The van der Waals surface area contributed by atoms with Gasteiger partial charge in [-0.05, 0) is 39.2 Å². The lowest BCUT2D eigenvalue weighted by Gasteiger charge is -2.36. The van der Waals surface area contributed by atoms with Crippen molar-refractivity contribution in [3.8, 4) is 0 Å². The molecule has 2 aliphatic rings. The van der Waals surface area contributed by atoms with Gasteiger partial charge in [-0.15, -0.1) is 0 Å². The Hall–Kier alpha value is -0.610. The third kappa shape index (κ3) is 4.18. The van der Waals surface area contributed by atoms with Crippen molar-refractivity contribution < 1.29 is 9.90 Å². The molecule has 0 unspecified atom stereocenters. The first kappa shape index (κ1) is 14.8. The molecule has 1 heterocycles. The van der Waals surface area contributed by atoms with Crippen LogP contribution in [0, 0.1) is 0 Å². The smallest absolute Gasteiger partial charge is 0.236 e.